The highest BCUT2D eigenvalue weighted by Crippen LogP contribution is 2.26. The molecule has 0 atom stereocenters. The minimum atomic E-state index is 0.000657. The van der Waals surface area contributed by atoms with Crippen LogP contribution in [0.2, 0.25) is 0 Å². The van der Waals surface area contributed by atoms with E-state index < -0.39 is 0 Å². The van der Waals surface area contributed by atoms with Gasteiger partial charge in [0, 0.05) is 23.8 Å². The molecule has 0 aliphatic rings. The van der Waals surface area contributed by atoms with Gasteiger partial charge in [0.15, 0.2) is 0 Å². The molecule has 2 aromatic rings. The van der Waals surface area contributed by atoms with E-state index in [-0.39, 0.29) is 5.91 Å². The first kappa shape index (κ1) is 16.5. The number of carbonyl (C=O) groups is 1. The van der Waals surface area contributed by atoms with Crippen LogP contribution in [-0.4, -0.2) is 35.1 Å². The number of para-hydroxylation sites is 1. The predicted molar refractivity (Wildman–Crippen MR) is 92.0 cm³/mol. The number of carbonyl (C=O) groups excluding carboxylic acids is 1. The van der Waals surface area contributed by atoms with Crippen LogP contribution in [0.4, 0.5) is 5.69 Å². The minimum absolute atomic E-state index is 0.000657. The third kappa shape index (κ3) is 5.16. The number of anilines is 1. The summed E-state index contributed by atoms with van der Waals surface area (Å²) in [5, 5.41) is 3.00. The van der Waals surface area contributed by atoms with Gasteiger partial charge in [-0.05, 0) is 42.6 Å². The second-order valence-corrected chi connectivity index (χ2v) is 6.31. The number of rotatable bonds is 7. The first-order valence-electron chi connectivity index (χ1n) is 7.28. The summed E-state index contributed by atoms with van der Waals surface area (Å²) >= 11 is 1.73. The second kappa shape index (κ2) is 8.56. The number of hydrogen-bond donors (Lipinski definition) is 1. The molecular formula is C17H21N3OS. The van der Waals surface area contributed by atoms with Crippen molar-refractivity contribution in [3.63, 3.8) is 0 Å². The van der Waals surface area contributed by atoms with Gasteiger partial charge in [-0.2, -0.15) is 0 Å². The lowest BCUT2D eigenvalue weighted by molar-refractivity contribution is -0.117. The number of nitrogens with zero attached hydrogens (tertiary/aromatic N) is 2. The number of pyridine rings is 1. The van der Waals surface area contributed by atoms with Gasteiger partial charge in [-0.25, -0.2) is 0 Å². The molecule has 0 radical (unpaired) electrons. The van der Waals surface area contributed by atoms with E-state index in [0.717, 1.165) is 28.4 Å². The maximum atomic E-state index is 12.2. The average molecular weight is 315 g/mol. The number of benzene rings is 1. The van der Waals surface area contributed by atoms with Crippen molar-refractivity contribution in [1.29, 1.82) is 0 Å². The van der Waals surface area contributed by atoms with Gasteiger partial charge in [0.1, 0.15) is 0 Å². The summed E-state index contributed by atoms with van der Waals surface area (Å²) in [6.07, 6.45) is 3.53. The van der Waals surface area contributed by atoms with Crippen LogP contribution in [0.3, 0.4) is 0 Å². The fourth-order valence-corrected chi connectivity index (χ4v) is 2.90. The molecule has 22 heavy (non-hydrogen) atoms. The second-order valence-electron chi connectivity index (χ2n) is 5.01. The zero-order chi connectivity index (χ0) is 15.8. The molecule has 0 aliphatic heterocycles. The normalized spacial score (nSPS) is 10.7. The molecule has 0 saturated heterocycles. The van der Waals surface area contributed by atoms with E-state index in [1.807, 2.05) is 48.3 Å². The Bertz CT molecular complexity index is 604. The number of amides is 1. The molecule has 116 valence electrons. The Labute approximate surface area is 135 Å². The summed E-state index contributed by atoms with van der Waals surface area (Å²) < 4.78 is 0. The summed E-state index contributed by atoms with van der Waals surface area (Å²) in [5.41, 5.74) is 2.03. The van der Waals surface area contributed by atoms with E-state index in [1.165, 1.54) is 0 Å². The fourth-order valence-electron chi connectivity index (χ4n) is 2.14. The first-order valence-corrected chi connectivity index (χ1v) is 8.26. The van der Waals surface area contributed by atoms with Gasteiger partial charge in [-0.1, -0.05) is 19.1 Å². The molecule has 0 bridgehead atoms. The van der Waals surface area contributed by atoms with Gasteiger partial charge < -0.3 is 5.32 Å². The van der Waals surface area contributed by atoms with Crippen molar-refractivity contribution in [2.24, 2.45) is 0 Å². The number of thioether (sulfide) groups is 1. The average Bonchev–Trinajstić information content (AvgIpc) is 2.50. The van der Waals surface area contributed by atoms with Gasteiger partial charge >= 0.3 is 0 Å². The fraction of sp³-hybridized carbons (Fsp3) is 0.294. The minimum Gasteiger partial charge on any atom is -0.324 e. The topological polar surface area (TPSA) is 45.2 Å². The Morgan fingerprint density at radius 3 is 2.68 bits per heavy atom. The summed E-state index contributed by atoms with van der Waals surface area (Å²) in [4.78, 5) is 19.3. The monoisotopic (exact) mass is 315 g/mol. The summed E-state index contributed by atoms with van der Waals surface area (Å²) in [6, 6.07) is 11.8. The Kier molecular flexibility index (Phi) is 6.43. The molecule has 1 heterocycles. The van der Waals surface area contributed by atoms with Gasteiger partial charge in [0.2, 0.25) is 5.91 Å². The van der Waals surface area contributed by atoms with E-state index >= 15 is 0 Å². The highest BCUT2D eigenvalue weighted by Gasteiger charge is 2.09. The summed E-state index contributed by atoms with van der Waals surface area (Å²) in [6.45, 7) is 3.18. The lowest BCUT2D eigenvalue weighted by Crippen LogP contribution is -2.30. The van der Waals surface area contributed by atoms with Crippen molar-refractivity contribution in [2.45, 2.75) is 18.4 Å². The van der Waals surface area contributed by atoms with Crippen LogP contribution in [0, 0.1) is 0 Å². The molecule has 0 unspecified atom stereocenters. The SMILES string of the molecule is CCSc1ccccc1NC(=O)CN(C)Cc1ccncc1. The maximum absolute atomic E-state index is 12.2. The molecule has 1 aromatic carbocycles. The van der Waals surface area contributed by atoms with E-state index in [0.29, 0.717) is 6.54 Å². The van der Waals surface area contributed by atoms with E-state index in [2.05, 4.69) is 17.2 Å². The van der Waals surface area contributed by atoms with Crippen molar-refractivity contribution in [3.05, 3.63) is 54.4 Å². The summed E-state index contributed by atoms with van der Waals surface area (Å²) in [7, 11) is 1.94. The molecule has 4 nitrogen and oxygen atoms in total. The molecule has 1 amide bonds. The Morgan fingerprint density at radius 2 is 1.95 bits per heavy atom. The summed E-state index contributed by atoms with van der Waals surface area (Å²) in [5.74, 6) is 0.982. The molecule has 0 aliphatic carbocycles. The Balaban J connectivity index is 1.90. The first-order chi connectivity index (χ1) is 10.7. The van der Waals surface area contributed by atoms with Crippen LogP contribution in [0.1, 0.15) is 12.5 Å². The maximum Gasteiger partial charge on any atom is 0.238 e. The molecule has 0 saturated carbocycles. The standard InChI is InChI=1S/C17H21N3OS/c1-3-22-16-7-5-4-6-15(16)19-17(21)13-20(2)12-14-8-10-18-11-9-14/h4-11H,3,12-13H2,1-2H3,(H,19,21). The predicted octanol–water partition coefficient (Wildman–Crippen LogP) is 3.26. The zero-order valence-corrected chi connectivity index (χ0v) is 13.8. The molecule has 1 aromatic heterocycles. The van der Waals surface area contributed by atoms with Crippen molar-refractivity contribution in [1.82, 2.24) is 9.88 Å². The molecular weight excluding hydrogens is 294 g/mol. The van der Waals surface area contributed by atoms with Crippen LogP contribution in [-0.2, 0) is 11.3 Å². The quantitative estimate of drug-likeness (QED) is 0.797. The van der Waals surface area contributed by atoms with Crippen molar-refractivity contribution < 1.29 is 4.79 Å². The van der Waals surface area contributed by atoms with E-state index in [1.54, 1.807) is 24.2 Å². The lowest BCUT2D eigenvalue weighted by atomic mass is 10.2. The highest BCUT2D eigenvalue weighted by molar-refractivity contribution is 7.99. The Morgan fingerprint density at radius 1 is 1.23 bits per heavy atom. The largest absolute Gasteiger partial charge is 0.324 e. The Hall–Kier alpha value is -1.85. The zero-order valence-electron chi connectivity index (χ0n) is 13.0. The van der Waals surface area contributed by atoms with Crippen molar-refractivity contribution >= 4 is 23.4 Å². The van der Waals surface area contributed by atoms with Gasteiger partial charge in [0.25, 0.3) is 0 Å². The smallest absolute Gasteiger partial charge is 0.238 e. The van der Waals surface area contributed by atoms with Gasteiger partial charge in [-0.15, -0.1) is 11.8 Å². The number of aromatic nitrogens is 1. The number of likely N-dealkylation sites (N-methyl/N-ethyl adjacent to an activating group) is 1. The molecule has 0 fully saturated rings. The van der Waals surface area contributed by atoms with Crippen molar-refractivity contribution in [2.75, 3.05) is 24.7 Å². The van der Waals surface area contributed by atoms with Crippen LogP contribution >= 0.6 is 11.8 Å². The van der Waals surface area contributed by atoms with Gasteiger partial charge in [0.05, 0.1) is 12.2 Å². The van der Waals surface area contributed by atoms with Gasteiger partial charge in [-0.3, -0.25) is 14.7 Å². The third-order valence-corrected chi connectivity index (χ3v) is 4.03. The number of hydrogen-bond acceptors (Lipinski definition) is 4. The van der Waals surface area contributed by atoms with E-state index in [9.17, 15) is 4.79 Å². The van der Waals surface area contributed by atoms with Crippen molar-refractivity contribution in [3.8, 4) is 0 Å². The molecule has 0 spiro atoms. The van der Waals surface area contributed by atoms with Crippen LogP contribution in [0.15, 0.2) is 53.7 Å². The molecule has 1 N–H and O–H groups in total. The van der Waals surface area contributed by atoms with Crippen LogP contribution < -0.4 is 5.32 Å². The molecule has 2 rings (SSSR count). The number of nitrogens with one attached hydrogen (secondary N) is 1. The lowest BCUT2D eigenvalue weighted by Gasteiger charge is -2.17. The van der Waals surface area contributed by atoms with E-state index in [4.69, 9.17) is 0 Å². The highest BCUT2D eigenvalue weighted by atomic mass is 32.2. The molecule has 5 heteroatoms. The van der Waals surface area contributed by atoms with Crippen LogP contribution in [0.25, 0.3) is 0 Å². The third-order valence-electron chi connectivity index (χ3n) is 3.08. The van der Waals surface area contributed by atoms with Crippen LogP contribution in [0.5, 0.6) is 0 Å².